The van der Waals surface area contributed by atoms with E-state index in [1.165, 1.54) is 31.4 Å². The van der Waals surface area contributed by atoms with Crippen molar-refractivity contribution in [2.45, 2.75) is 13.8 Å². The summed E-state index contributed by atoms with van der Waals surface area (Å²) in [5.74, 6) is -1.81. The van der Waals surface area contributed by atoms with Crippen LogP contribution in [0.25, 0.3) is 0 Å². The highest BCUT2D eigenvalue weighted by Gasteiger charge is 2.27. The number of amides is 2. The second kappa shape index (κ2) is 9.80. The van der Waals surface area contributed by atoms with Crippen molar-refractivity contribution in [3.63, 3.8) is 0 Å². The van der Waals surface area contributed by atoms with E-state index in [4.69, 9.17) is 16.3 Å². The molecule has 0 aliphatic carbocycles. The third kappa shape index (κ3) is 5.18. The van der Waals surface area contributed by atoms with Crippen LogP contribution < -0.4 is 10.6 Å². The maximum absolute atomic E-state index is 12.9. The molecule has 1 aromatic heterocycles. The lowest BCUT2D eigenvalue weighted by atomic mass is 10.1. The molecule has 33 heavy (non-hydrogen) atoms. The Morgan fingerprint density at radius 3 is 2.27 bits per heavy atom. The number of nitrogens with one attached hydrogen (secondary N) is 2. The molecule has 1 heterocycles. The lowest BCUT2D eigenvalue weighted by Crippen LogP contribution is -2.14. The van der Waals surface area contributed by atoms with Gasteiger partial charge >= 0.3 is 5.97 Å². The van der Waals surface area contributed by atoms with Gasteiger partial charge in [-0.25, -0.2) is 4.79 Å². The second-order valence-electron chi connectivity index (χ2n) is 6.93. The van der Waals surface area contributed by atoms with Gasteiger partial charge in [-0.15, -0.1) is 11.3 Å². The molecule has 3 aromatic rings. The number of rotatable bonds is 6. The molecule has 0 saturated carbocycles. The van der Waals surface area contributed by atoms with Crippen molar-refractivity contribution < 1.29 is 24.0 Å². The van der Waals surface area contributed by atoms with Gasteiger partial charge in [-0.1, -0.05) is 17.7 Å². The first-order valence-corrected chi connectivity index (χ1v) is 10.7. The standard InChI is InChI=1S/C22H18ClN3O6S/c1-11-4-7-14(10-16(11)23)24-20(28)18-12(2)17(22(29)32-3)21(33-18)25-19(27)13-5-8-15(9-6-13)26(30)31/h4-10H,1-3H3,(H,24,28)(H,25,27). The van der Waals surface area contributed by atoms with E-state index >= 15 is 0 Å². The fourth-order valence-electron chi connectivity index (χ4n) is 2.93. The summed E-state index contributed by atoms with van der Waals surface area (Å²) in [5, 5.41) is 16.7. The molecular formula is C22H18ClN3O6S. The van der Waals surface area contributed by atoms with Gasteiger partial charge in [0.1, 0.15) is 5.00 Å². The fraction of sp³-hybridized carbons (Fsp3) is 0.136. The number of methoxy groups -OCH3 is 1. The van der Waals surface area contributed by atoms with Gasteiger partial charge in [-0.2, -0.15) is 0 Å². The molecule has 0 bridgehead atoms. The Hall–Kier alpha value is -3.76. The van der Waals surface area contributed by atoms with Crippen LogP contribution in [0.15, 0.2) is 42.5 Å². The number of nitro groups is 1. The molecule has 0 unspecified atom stereocenters. The van der Waals surface area contributed by atoms with Crippen LogP contribution in [0.5, 0.6) is 0 Å². The lowest BCUT2D eigenvalue weighted by Gasteiger charge is -2.06. The molecule has 0 saturated heterocycles. The van der Waals surface area contributed by atoms with E-state index in [2.05, 4.69) is 10.6 Å². The van der Waals surface area contributed by atoms with Crippen molar-refractivity contribution in [3.8, 4) is 0 Å². The molecule has 2 amide bonds. The highest BCUT2D eigenvalue weighted by molar-refractivity contribution is 7.19. The molecule has 170 valence electrons. The third-order valence-electron chi connectivity index (χ3n) is 4.74. The van der Waals surface area contributed by atoms with Crippen LogP contribution in [0.4, 0.5) is 16.4 Å². The highest BCUT2D eigenvalue weighted by atomic mass is 35.5. The third-order valence-corrected chi connectivity index (χ3v) is 6.35. The number of hydrogen-bond acceptors (Lipinski definition) is 7. The summed E-state index contributed by atoms with van der Waals surface area (Å²) in [5.41, 5.74) is 1.68. The van der Waals surface area contributed by atoms with E-state index in [0.717, 1.165) is 16.9 Å². The smallest absolute Gasteiger partial charge is 0.341 e. The largest absolute Gasteiger partial charge is 0.465 e. The van der Waals surface area contributed by atoms with E-state index in [1.807, 2.05) is 6.92 Å². The molecule has 0 fully saturated rings. The van der Waals surface area contributed by atoms with Crippen molar-refractivity contribution in [2.75, 3.05) is 17.7 Å². The van der Waals surface area contributed by atoms with Gasteiger partial charge in [0.2, 0.25) is 0 Å². The molecule has 0 spiro atoms. The molecule has 11 heteroatoms. The quantitative estimate of drug-likeness (QED) is 0.279. The number of carbonyl (C=O) groups is 3. The molecule has 2 aromatic carbocycles. The van der Waals surface area contributed by atoms with Crippen LogP contribution in [-0.4, -0.2) is 29.8 Å². The highest BCUT2D eigenvalue weighted by Crippen LogP contribution is 2.35. The van der Waals surface area contributed by atoms with E-state index in [9.17, 15) is 24.5 Å². The minimum atomic E-state index is -0.722. The number of aryl methyl sites for hydroxylation is 1. The van der Waals surface area contributed by atoms with Crippen LogP contribution in [0.3, 0.4) is 0 Å². The van der Waals surface area contributed by atoms with Gasteiger partial charge < -0.3 is 15.4 Å². The Morgan fingerprint density at radius 2 is 1.70 bits per heavy atom. The number of nitrogens with zero attached hydrogens (tertiary/aromatic N) is 1. The van der Waals surface area contributed by atoms with E-state index in [1.54, 1.807) is 25.1 Å². The number of halogens is 1. The number of esters is 1. The Kier molecular flexibility index (Phi) is 7.10. The summed E-state index contributed by atoms with van der Waals surface area (Å²) >= 11 is 7.02. The lowest BCUT2D eigenvalue weighted by molar-refractivity contribution is -0.384. The molecule has 0 atom stereocenters. The first kappa shape index (κ1) is 23.9. The van der Waals surface area contributed by atoms with Crippen LogP contribution in [0, 0.1) is 24.0 Å². The van der Waals surface area contributed by atoms with Gasteiger partial charge in [-0.3, -0.25) is 19.7 Å². The first-order valence-electron chi connectivity index (χ1n) is 9.47. The maximum Gasteiger partial charge on any atom is 0.341 e. The molecular weight excluding hydrogens is 470 g/mol. The van der Waals surface area contributed by atoms with Crippen molar-refractivity contribution in [2.24, 2.45) is 0 Å². The molecule has 0 aliphatic rings. The van der Waals surface area contributed by atoms with E-state index in [-0.39, 0.29) is 26.7 Å². The molecule has 0 radical (unpaired) electrons. The molecule has 3 rings (SSSR count). The van der Waals surface area contributed by atoms with Crippen LogP contribution in [0.2, 0.25) is 5.02 Å². The number of carbonyl (C=O) groups excluding carboxylic acids is 3. The fourth-order valence-corrected chi connectivity index (χ4v) is 4.20. The van der Waals surface area contributed by atoms with Crippen LogP contribution in [0.1, 0.15) is 41.5 Å². The van der Waals surface area contributed by atoms with Crippen molar-refractivity contribution in [3.05, 3.63) is 84.7 Å². The summed E-state index contributed by atoms with van der Waals surface area (Å²) in [6, 6.07) is 10.0. The Labute approximate surface area is 197 Å². The number of ether oxygens (including phenoxy) is 1. The molecule has 2 N–H and O–H groups in total. The van der Waals surface area contributed by atoms with Crippen molar-refractivity contribution in [1.29, 1.82) is 0 Å². The van der Waals surface area contributed by atoms with Gasteiger partial charge in [0.05, 0.1) is 22.5 Å². The summed E-state index contributed by atoms with van der Waals surface area (Å²) in [6.07, 6.45) is 0. The van der Waals surface area contributed by atoms with Gasteiger partial charge in [0, 0.05) is 28.4 Å². The molecule has 0 aliphatic heterocycles. The van der Waals surface area contributed by atoms with Gasteiger partial charge in [0.25, 0.3) is 17.5 Å². The zero-order valence-corrected chi connectivity index (χ0v) is 19.3. The average molecular weight is 488 g/mol. The topological polar surface area (TPSA) is 128 Å². The molecule has 9 nitrogen and oxygen atoms in total. The Bertz CT molecular complexity index is 1270. The van der Waals surface area contributed by atoms with Gasteiger partial charge in [0.15, 0.2) is 0 Å². The Balaban J connectivity index is 1.91. The minimum absolute atomic E-state index is 0.0462. The maximum atomic E-state index is 12.9. The monoisotopic (exact) mass is 487 g/mol. The minimum Gasteiger partial charge on any atom is -0.465 e. The zero-order valence-electron chi connectivity index (χ0n) is 17.7. The SMILES string of the molecule is COC(=O)c1c(NC(=O)c2ccc([N+](=O)[O-])cc2)sc(C(=O)Nc2ccc(C)c(Cl)c2)c1C. The number of nitro benzene ring substituents is 1. The number of anilines is 2. The summed E-state index contributed by atoms with van der Waals surface area (Å²) in [6.45, 7) is 3.40. The average Bonchev–Trinajstić information content (AvgIpc) is 3.11. The summed E-state index contributed by atoms with van der Waals surface area (Å²) in [7, 11) is 1.19. The predicted molar refractivity (Wildman–Crippen MR) is 126 cm³/mol. The number of benzene rings is 2. The number of thiophene rings is 1. The number of hydrogen-bond donors (Lipinski definition) is 2. The van der Waals surface area contributed by atoms with E-state index < -0.39 is 22.7 Å². The summed E-state index contributed by atoms with van der Waals surface area (Å²) in [4.78, 5) is 48.4. The van der Waals surface area contributed by atoms with Crippen LogP contribution in [-0.2, 0) is 4.74 Å². The van der Waals surface area contributed by atoms with Crippen molar-refractivity contribution in [1.82, 2.24) is 0 Å². The van der Waals surface area contributed by atoms with Crippen LogP contribution >= 0.6 is 22.9 Å². The number of non-ortho nitro benzene ring substituents is 1. The normalized spacial score (nSPS) is 10.4. The second-order valence-corrected chi connectivity index (χ2v) is 8.36. The predicted octanol–water partition coefficient (Wildman–Crippen LogP) is 5.22. The van der Waals surface area contributed by atoms with Crippen molar-refractivity contribution >= 4 is 57.1 Å². The van der Waals surface area contributed by atoms with Gasteiger partial charge in [-0.05, 0) is 49.2 Å². The summed E-state index contributed by atoms with van der Waals surface area (Å²) < 4.78 is 4.82. The Morgan fingerprint density at radius 1 is 1.03 bits per heavy atom. The first-order chi connectivity index (χ1) is 15.6. The van der Waals surface area contributed by atoms with E-state index in [0.29, 0.717) is 16.3 Å². The zero-order chi connectivity index (χ0) is 24.3.